The van der Waals surface area contributed by atoms with Gasteiger partial charge >= 0.3 is 0 Å². The van der Waals surface area contributed by atoms with Crippen molar-refractivity contribution >= 4 is 28.8 Å². The number of aromatic nitrogens is 6. The molecule has 2 aromatic heterocycles. The second-order valence-corrected chi connectivity index (χ2v) is 6.02. The first kappa shape index (κ1) is 16.7. The number of nitrogens with zero attached hydrogens (tertiary/aromatic N) is 6. The lowest BCUT2D eigenvalue weighted by Gasteiger charge is -2.11. The minimum atomic E-state index is -0.237. The Morgan fingerprint density at radius 3 is 2.59 bits per heavy atom. The lowest BCUT2D eigenvalue weighted by atomic mass is 10.2. The highest BCUT2D eigenvalue weighted by atomic mass is 16.2. The van der Waals surface area contributed by atoms with E-state index >= 15 is 0 Å². The maximum Gasteiger partial charge on any atom is 0.249 e. The molecule has 0 aliphatic heterocycles. The molecular formula is C18H18N8O. The molecule has 0 aliphatic carbocycles. The van der Waals surface area contributed by atoms with Crippen molar-refractivity contribution in [2.45, 2.75) is 13.1 Å². The van der Waals surface area contributed by atoms with Crippen LogP contribution in [-0.2, 0) is 24.9 Å². The topological polar surface area (TPSA) is 103 Å². The highest BCUT2D eigenvalue weighted by Crippen LogP contribution is 2.20. The normalized spacial score (nSPS) is 10.9. The minimum Gasteiger partial charge on any atom is -0.352 e. The molecule has 0 atom stereocenters. The van der Waals surface area contributed by atoms with Crippen LogP contribution in [0, 0.1) is 0 Å². The molecule has 1 amide bonds. The van der Waals surface area contributed by atoms with Crippen LogP contribution >= 0.6 is 0 Å². The fourth-order valence-corrected chi connectivity index (χ4v) is 2.79. The summed E-state index contributed by atoms with van der Waals surface area (Å²) in [5, 5.41) is 17.0. The predicted molar refractivity (Wildman–Crippen MR) is 101 cm³/mol. The van der Waals surface area contributed by atoms with Crippen molar-refractivity contribution in [3.05, 3.63) is 60.2 Å². The average molecular weight is 362 g/mol. The van der Waals surface area contributed by atoms with Gasteiger partial charge in [-0.25, -0.2) is 9.67 Å². The number of nitrogens with one attached hydrogen (secondary N) is 2. The number of fused-ring (bicyclic) bond motifs is 1. The van der Waals surface area contributed by atoms with Gasteiger partial charge in [0.2, 0.25) is 17.8 Å². The quantitative estimate of drug-likeness (QED) is 0.542. The number of amides is 1. The number of aryl methyl sites for hydroxylation is 1. The number of tetrazole rings is 1. The van der Waals surface area contributed by atoms with Crippen LogP contribution in [0.5, 0.6) is 0 Å². The van der Waals surface area contributed by atoms with Gasteiger partial charge in [0.05, 0.1) is 11.0 Å². The van der Waals surface area contributed by atoms with Crippen LogP contribution in [0.15, 0.2) is 54.6 Å². The standard InChI is InChI=1S/C18H18N8O/c1-25-18(22-23-24-25)21-16(27)12-26-15-10-6-5-9-14(15)20-17(26)19-11-13-7-3-2-4-8-13/h2-10H,11-12H2,1H3,(H,19,20)(H,21,22,24,27). The molecule has 2 heterocycles. The predicted octanol–water partition coefficient (Wildman–Crippen LogP) is 1.81. The Morgan fingerprint density at radius 1 is 1.04 bits per heavy atom. The third-order valence-electron chi connectivity index (χ3n) is 4.12. The summed E-state index contributed by atoms with van der Waals surface area (Å²) in [5.41, 5.74) is 2.83. The van der Waals surface area contributed by atoms with Crippen molar-refractivity contribution in [2.24, 2.45) is 7.05 Å². The summed E-state index contributed by atoms with van der Waals surface area (Å²) in [6.07, 6.45) is 0. The van der Waals surface area contributed by atoms with Crippen molar-refractivity contribution in [3.8, 4) is 0 Å². The van der Waals surface area contributed by atoms with E-state index in [1.165, 1.54) is 4.68 Å². The maximum atomic E-state index is 12.5. The zero-order valence-electron chi connectivity index (χ0n) is 14.7. The molecule has 0 spiro atoms. The van der Waals surface area contributed by atoms with Crippen molar-refractivity contribution in [2.75, 3.05) is 10.6 Å². The molecule has 136 valence electrons. The summed E-state index contributed by atoms with van der Waals surface area (Å²) in [6, 6.07) is 17.7. The van der Waals surface area contributed by atoms with E-state index in [4.69, 9.17) is 0 Å². The molecule has 27 heavy (non-hydrogen) atoms. The van der Waals surface area contributed by atoms with Gasteiger partial charge in [0.1, 0.15) is 6.54 Å². The number of rotatable bonds is 6. The maximum absolute atomic E-state index is 12.5. The number of hydrogen-bond donors (Lipinski definition) is 2. The van der Waals surface area contributed by atoms with Crippen LogP contribution in [0.4, 0.5) is 11.9 Å². The van der Waals surface area contributed by atoms with Crippen LogP contribution in [-0.4, -0.2) is 35.7 Å². The van der Waals surface area contributed by atoms with Crippen LogP contribution in [0.2, 0.25) is 0 Å². The fraction of sp³-hybridized carbons (Fsp3) is 0.167. The Hall–Kier alpha value is -3.75. The first-order valence-corrected chi connectivity index (χ1v) is 8.46. The molecular weight excluding hydrogens is 344 g/mol. The second-order valence-electron chi connectivity index (χ2n) is 6.02. The number of anilines is 2. The van der Waals surface area contributed by atoms with E-state index in [0.29, 0.717) is 18.4 Å². The van der Waals surface area contributed by atoms with Gasteiger partial charge in [-0.1, -0.05) is 47.6 Å². The molecule has 9 nitrogen and oxygen atoms in total. The Kier molecular flexibility index (Phi) is 4.48. The van der Waals surface area contributed by atoms with Crippen molar-refractivity contribution in [3.63, 3.8) is 0 Å². The summed E-state index contributed by atoms with van der Waals surface area (Å²) >= 11 is 0. The van der Waals surface area contributed by atoms with Crippen molar-refractivity contribution in [1.82, 2.24) is 29.8 Å². The smallest absolute Gasteiger partial charge is 0.249 e. The lowest BCUT2D eigenvalue weighted by Crippen LogP contribution is -2.22. The Morgan fingerprint density at radius 2 is 1.81 bits per heavy atom. The van der Waals surface area contributed by atoms with Gasteiger partial charge in [-0.05, 0) is 28.1 Å². The second kappa shape index (κ2) is 7.24. The van der Waals surface area contributed by atoms with Gasteiger partial charge in [-0.2, -0.15) is 0 Å². The number of imidazole rings is 1. The Labute approximate surface area is 155 Å². The Balaban J connectivity index is 1.58. The van der Waals surface area contributed by atoms with Crippen LogP contribution in [0.1, 0.15) is 5.56 Å². The molecule has 4 aromatic rings. The van der Waals surface area contributed by atoms with Gasteiger partial charge in [-0.15, -0.1) is 0 Å². The number of benzene rings is 2. The van der Waals surface area contributed by atoms with Gasteiger partial charge in [0, 0.05) is 13.6 Å². The van der Waals surface area contributed by atoms with E-state index in [9.17, 15) is 4.79 Å². The summed E-state index contributed by atoms with van der Waals surface area (Å²) in [7, 11) is 1.66. The third-order valence-corrected chi connectivity index (χ3v) is 4.12. The van der Waals surface area contributed by atoms with Gasteiger partial charge < -0.3 is 9.88 Å². The number of para-hydroxylation sites is 2. The summed E-state index contributed by atoms with van der Waals surface area (Å²) < 4.78 is 3.25. The molecule has 2 aromatic carbocycles. The van der Waals surface area contributed by atoms with Crippen LogP contribution in [0.3, 0.4) is 0 Å². The third kappa shape index (κ3) is 3.61. The molecule has 0 saturated heterocycles. The number of hydrogen-bond acceptors (Lipinski definition) is 6. The fourth-order valence-electron chi connectivity index (χ4n) is 2.79. The van der Waals surface area contributed by atoms with Crippen molar-refractivity contribution < 1.29 is 4.79 Å². The van der Waals surface area contributed by atoms with E-state index in [-0.39, 0.29) is 12.5 Å². The molecule has 0 fully saturated rings. The van der Waals surface area contributed by atoms with E-state index < -0.39 is 0 Å². The molecule has 0 unspecified atom stereocenters. The molecule has 9 heteroatoms. The van der Waals surface area contributed by atoms with Crippen LogP contribution in [0.25, 0.3) is 11.0 Å². The largest absolute Gasteiger partial charge is 0.352 e. The van der Waals surface area contributed by atoms with E-state index in [2.05, 4.69) is 31.1 Å². The van der Waals surface area contributed by atoms with Crippen molar-refractivity contribution in [1.29, 1.82) is 0 Å². The molecule has 4 rings (SSSR count). The van der Waals surface area contributed by atoms with Crippen LogP contribution < -0.4 is 10.6 Å². The number of carbonyl (C=O) groups excluding carboxylic acids is 1. The van der Waals surface area contributed by atoms with Gasteiger partial charge in [0.15, 0.2) is 0 Å². The average Bonchev–Trinajstić information content (AvgIpc) is 3.24. The molecule has 0 bridgehead atoms. The Bertz CT molecular complexity index is 1070. The lowest BCUT2D eigenvalue weighted by molar-refractivity contribution is -0.116. The summed E-state index contributed by atoms with van der Waals surface area (Å²) in [6.45, 7) is 0.698. The first-order chi connectivity index (χ1) is 13.2. The molecule has 2 N–H and O–H groups in total. The van der Waals surface area contributed by atoms with E-state index in [0.717, 1.165) is 16.6 Å². The molecule has 0 aliphatic rings. The summed E-state index contributed by atoms with van der Waals surface area (Å²) in [5.74, 6) is 0.688. The minimum absolute atomic E-state index is 0.0878. The highest BCUT2D eigenvalue weighted by Gasteiger charge is 2.15. The molecule has 0 saturated carbocycles. The summed E-state index contributed by atoms with van der Waals surface area (Å²) in [4.78, 5) is 17.1. The monoisotopic (exact) mass is 362 g/mol. The number of carbonyl (C=O) groups is 1. The zero-order chi connectivity index (χ0) is 18.6. The SMILES string of the molecule is Cn1nnnc1NC(=O)Cn1c(NCc2ccccc2)nc2ccccc21. The van der Waals surface area contributed by atoms with E-state index in [1.807, 2.05) is 59.2 Å². The van der Waals surface area contributed by atoms with Gasteiger partial charge in [0.25, 0.3) is 0 Å². The first-order valence-electron chi connectivity index (χ1n) is 8.46. The zero-order valence-corrected chi connectivity index (χ0v) is 14.7. The van der Waals surface area contributed by atoms with Gasteiger partial charge in [-0.3, -0.25) is 10.1 Å². The van der Waals surface area contributed by atoms with E-state index in [1.54, 1.807) is 7.05 Å². The molecule has 0 radical (unpaired) electrons. The highest BCUT2D eigenvalue weighted by molar-refractivity contribution is 5.90.